The van der Waals surface area contributed by atoms with Gasteiger partial charge in [-0.2, -0.15) is 0 Å². The third kappa shape index (κ3) is 4.35. The van der Waals surface area contributed by atoms with E-state index in [1.165, 1.54) is 11.1 Å². The predicted molar refractivity (Wildman–Crippen MR) is 103 cm³/mol. The lowest BCUT2D eigenvalue weighted by atomic mass is 10.0. The number of ether oxygens (including phenoxy) is 2. The highest BCUT2D eigenvalue weighted by Gasteiger charge is 2.13. The van der Waals surface area contributed by atoms with Gasteiger partial charge < -0.3 is 20.1 Å². The van der Waals surface area contributed by atoms with Gasteiger partial charge in [-0.25, -0.2) is 0 Å². The highest BCUT2D eigenvalue weighted by molar-refractivity contribution is 5.92. The molecule has 0 fully saturated rings. The first-order chi connectivity index (χ1) is 12.7. The molecule has 0 unspecified atom stereocenters. The Morgan fingerprint density at radius 1 is 1.04 bits per heavy atom. The van der Waals surface area contributed by atoms with Crippen LogP contribution in [0.1, 0.15) is 37.0 Å². The van der Waals surface area contributed by atoms with Crippen molar-refractivity contribution in [2.24, 2.45) is 0 Å². The zero-order chi connectivity index (χ0) is 18.4. The van der Waals surface area contributed by atoms with Crippen molar-refractivity contribution in [1.82, 2.24) is 5.32 Å². The van der Waals surface area contributed by atoms with Crippen LogP contribution < -0.4 is 20.1 Å². The topological polar surface area (TPSA) is 59.6 Å². The minimum Gasteiger partial charge on any atom is -0.454 e. The minimum absolute atomic E-state index is 0.0405. The molecular weight excluding hydrogens is 328 g/mol. The number of anilines is 1. The third-order valence-electron chi connectivity index (χ3n) is 4.56. The van der Waals surface area contributed by atoms with Gasteiger partial charge >= 0.3 is 0 Å². The van der Waals surface area contributed by atoms with E-state index in [0.717, 1.165) is 35.6 Å². The lowest BCUT2D eigenvalue weighted by Gasteiger charge is -2.14. The first kappa shape index (κ1) is 18.3. The van der Waals surface area contributed by atoms with Crippen molar-refractivity contribution in [2.45, 2.75) is 39.7 Å². The number of hydrogen-bond donors (Lipinski definition) is 2. The van der Waals surface area contributed by atoms with Crippen molar-refractivity contribution in [3.63, 3.8) is 0 Å². The zero-order valence-electron chi connectivity index (χ0n) is 15.4. The van der Waals surface area contributed by atoms with Crippen LogP contribution >= 0.6 is 0 Å². The number of aryl methyl sites for hydroxylation is 2. The van der Waals surface area contributed by atoms with Crippen molar-refractivity contribution in [2.75, 3.05) is 18.7 Å². The van der Waals surface area contributed by atoms with E-state index in [2.05, 4.69) is 42.7 Å². The zero-order valence-corrected chi connectivity index (χ0v) is 15.4. The number of hydrogen-bond acceptors (Lipinski definition) is 4. The van der Waals surface area contributed by atoms with Gasteiger partial charge in [0.2, 0.25) is 12.7 Å². The number of rotatable bonds is 8. The molecule has 1 aliphatic heterocycles. The van der Waals surface area contributed by atoms with Crippen LogP contribution in [-0.2, 0) is 24.2 Å². The Kier molecular flexibility index (Phi) is 6.12. The van der Waals surface area contributed by atoms with E-state index < -0.39 is 0 Å². The van der Waals surface area contributed by atoms with Crippen LogP contribution in [0.25, 0.3) is 0 Å². The summed E-state index contributed by atoms with van der Waals surface area (Å²) >= 11 is 0. The summed E-state index contributed by atoms with van der Waals surface area (Å²) in [5.41, 5.74) is 4.47. The van der Waals surface area contributed by atoms with E-state index in [4.69, 9.17) is 9.47 Å². The maximum atomic E-state index is 12.3. The fraction of sp³-hybridized carbons (Fsp3) is 0.381. The standard InChI is InChI=1S/C21H26N2O3/c1-3-16-6-5-7-17(4-2)21(16)23-20(24)10-11-22-13-15-8-9-18-19(12-15)26-14-25-18/h5-9,12,22H,3-4,10-11,13-14H2,1-2H3,(H,23,24). The number of carbonyl (C=O) groups is 1. The van der Waals surface area contributed by atoms with Gasteiger partial charge in [-0.1, -0.05) is 38.1 Å². The van der Waals surface area contributed by atoms with E-state index in [9.17, 15) is 4.79 Å². The van der Waals surface area contributed by atoms with Crippen molar-refractivity contribution in [3.8, 4) is 11.5 Å². The van der Waals surface area contributed by atoms with Crippen molar-refractivity contribution < 1.29 is 14.3 Å². The molecule has 0 aromatic heterocycles. The Labute approximate surface area is 154 Å². The normalized spacial score (nSPS) is 12.2. The van der Waals surface area contributed by atoms with Gasteiger partial charge in [0.1, 0.15) is 0 Å². The minimum atomic E-state index is 0.0405. The molecule has 0 aliphatic carbocycles. The van der Waals surface area contributed by atoms with Crippen molar-refractivity contribution in [3.05, 3.63) is 53.1 Å². The first-order valence-electron chi connectivity index (χ1n) is 9.21. The lowest BCUT2D eigenvalue weighted by Crippen LogP contribution is -2.22. The molecule has 5 nitrogen and oxygen atoms in total. The SMILES string of the molecule is CCc1cccc(CC)c1NC(=O)CCNCc1ccc2c(c1)OCO2. The van der Waals surface area contributed by atoms with Crippen LogP contribution in [0, 0.1) is 0 Å². The second-order valence-electron chi connectivity index (χ2n) is 6.32. The smallest absolute Gasteiger partial charge is 0.231 e. The van der Waals surface area contributed by atoms with Gasteiger partial charge in [0.25, 0.3) is 0 Å². The molecule has 0 saturated heterocycles. The number of fused-ring (bicyclic) bond motifs is 1. The molecule has 2 aromatic rings. The summed E-state index contributed by atoms with van der Waals surface area (Å²) in [7, 11) is 0. The Balaban J connectivity index is 1.48. The largest absolute Gasteiger partial charge is 0.454 e. The fourth-order valence-corrected chi connectivity index (χ4v) is 3.09. The number of para-hydroxylation sites is 1. The number of benzene rings is 2. The Morgan fingerprint density at radius 2 is 1.77 bits per heavy atom. The maximum absolute atomic E-state index is 12.3. The molecule has 0 bridgehead atoms. The van der Waals surface area contributed by atoms with Crippen LogP contribution in [0.4, 0.5) is 5.69 Å². The summed E-state index contributed by atoms with van der Waals surface area (Å²) in [5.74, 6) is 1.61. The fourth-order valence-electron chi connectivity index (χ4n) is 3.09. The van der Waals surface area contributed by atoms with Gasteiger partial charge in [-0.05, 0) is 41.7 Å². The predicted octanol–water partition coefficient (Wildman–Crippen LogP) is 3.66. The molecule has 2 aromatic carbocycles. The van der Waals surface area contributed by atoms with Gasteiger partial charge in [0.15, 0.2) is 11.5 Å². The van der Waals surface area contributed by atoms with E-state index in [1.807, 2.05) is 18.2 Å². The summed E-state index contributed by atoms with van der Waals surface area (Å²) in [5, 5.41) is 6.41. The summed E-state index contributed by atoms with van der Waals surface area (Å²) in [4.78, 5) is 12.3. The van der Waals surface area contributed by atoms with Gasteiger partial charge in [-0.15, -0.1) is 0 Å². The number of nitrogens with one attached hydrogen (secondary N) is 2. The molecule has 0 radical (unpaired) electrons. The van der Waals surface area contributed by atoms with Crippen LogP contribution in [-0.4, -0.2) is 19.2 Å². The van der Waals surface area contributed by atoms with Crippen LogP contribution in [0.3, 0.4) is 0 Å². The Bertz CT molecular complexity index is 752. The summed E-state index contributed by atoms with van der Waals surface area (Å²) in [6.45, 7) is 5.81. The van der Waals surface area contributed by atoms with Gasteiger partial charge in [0, 0.05) is 25.2 Å². The van der Waals surface area contributed by atoms with E-state index >= 15 is 0 Å². The second kappa shape index (κ2) is 8.72. The van der Waals surface area contributed by atoms with Crippen molar-refractivity contribution >= 4 is 11.6 Å². The highest BCUT2D eigenvalue weighted by atomic mass is 16.7. The second-order valence-corrected chi connectivity index (χ2v) is 6.32. The molecule has 2 N–H and O–H groups in total. The summed E-state index contributed by atoms with van der Waals surface area (Å²) < 4.78 is 10.7. The molecule has 0 saturated carbocycles. The maximum Gasteiger partial charge on any atom is 0.231 e. The third-order valence-corrected chi connectivity index (χ3v) is 4.56. The quantitative estimate of drug-likeness (QED) is 0.710. The van der Waals surface area contributed by atoms with Gasteiger partial charge in [0.05, 0.1) is 0 Å². The average molecular weight is 354 g/mol. The average Bonchev–Trinajstić information content (AvgIpc) is 3.13. The van der Waals surface area contributed by atoms with Crippen LogP contribution in [0.5, 0.6) is 11.5 Å². The molecule has 1 aliphatic rings. The molecule has 5 heteroatoms. The molecule has 1 amide bonds. The van der Waals surface area contributed by atoms with E-state index in [-0.39, 0.29) is 12.7 Å². The highest BCUT2D eigenvalue weighted by Crippen LogP contribution is 2.32. The molecule has 0 spiro atoms. The molecule has 0 atom stereocenters. The number of amides is 1. The summed E-state index contributed by atoms with van der Waals surface area (Å²) in [6, 6.07) is 12.1. The van der Waals surface area contributed by atoms with Crippen LogP contribution in [0.15, 0.2) is 36.4 Å². The van der Waals surface area contributed by atoms with E-state index in [1.54, 1.807) is 0 Å². The molecule has 3 rings (SSSR count). The molecule has 26 heavy (non-hydrogen) atoms. The Hall–Kier alpha value is -2.53. The first-order valence-corrected chi connectivity index (χ1v) is 9.21. The monoisotopic (exact) mass is 354 g/mol. The lowest BCUT2D eigenvalue weighted by molar-refractivity contribution is -0.116. The van der Waals surface area contributed by atoms with E-state index in [0.29, 0.717) is 19.5 Å². The summed E-state index contributed by atoms with van der Waals surface area (Å²) in [6.07, 6.45) is 2.25. The Morgan fingerprint density at radius 3 is 2.50 bits per heavy atom. The van der Waals surface area contributed by atoms with Crippen molar-refractivity contribution in [1.29, 1.82) is 0 Å². The molecule has 1 heterocycles. The number of carbonyl (C=O) groups excluding carboxylic acids is 1. The van der Waals surface area contributed by atoms with Gasteiger partial charge in [-0.3, -0.25) is 4.79 Å². The van der Waals surface area contributed by atoms with Crippen LogP contribution in [0.2, 0.25) is 0 Å². The molecule has 138 valence electrons. The molecular formula is C21H26N2O3.